The number of nitrogens with zero attached hydrogens (tertiary/aromatic N) is 4. The Morgan fingerprint density at radius 3 is 2.64 bits per heavy atom. The first-order chi connectivity index (χ1) is 20.4. The molecule has 0 spiro atoms. The van der Waals surface area contributed by atoms with Gasteiger partial charge >= 0.3 is 6.01 Å². The Bertz CT molecular complexity index is 1680. The molecule has 3 aliphatic heterocycles. The summed E-state index contributed by atoms with van der Waals surface area (Å²) in [6.07, 6.45) is 4.93. The molecule has 0 saturated carbocycles. The minimum atomic E-state index is -0.884. The molecule has 7 rings (SSSR count). The molecular formula is C33H35F3N4O2. The predicted molar refractivity (Wildman–Crippen MR) is 158 cm³/mol. The van der Waals surface area contributed by atoms with Crippen LogP contribution in [-0.4, -0.2) is 64.5 Å². The van der Waals surface area contributed by atoms with Crippen LogP contribution in [0, 0.1) is 11.6 Å². The van der Waals surface area contributed by atoms with Crippen molar-refractivity contribution in [1.82, 2.24) is 14.9 Å². The maximum atomic E-state index is 16.7. The lowest BCUT2D eigenvalue weighted by atomic mass is 9.92. The molecule has 42 heavy (non-hydrogen) atoms. The highest BCUT2D eigenvalue weighted by Crippen LogP contribution is 2.42. The normalized spacial score (nSPS) is 22.8. The average molecular weight is 577 g/mol. The number of aromatic hydroxyl groups is 1. The lowest BCUT2D eigenvalue weighted by molar-refractivity contribution is 0.107. The van der Waals surface area contributed by atoms with Crippen LogP contribution in [0.4, 0.5) is 19.0 Å². The number of halogens is 3. The smallest absolute Gasteiger partial charge is 0.319 e. The number of alkyl halides is 1. The maximum Gasteiger partial charge on any atom is 0.319 e. The van der Waals surface area contributed by atoms with E-state index in [1.165, 1.54) is 12.1 Å². The van der Waals surface area contributed by atoms with Gasteiger partial charge in [0, 0.05) is 37.0 Å². The number of rotatable bonds is 6. The van der Waals surface area contributed by atoms with Crippen molar-refractivity contribution in [1.29, 1.82) is 0 Å². The van der Waals surface area contributed by atoms with Crippen molar-refractivity contribution in [2.75, 3.05) is 37.7 Å². The second-order valence-corrected chi connectivity index (χ2v) is 12.0. The number of hydrogen-bond acceptors (Lipinski definition) is 6. The SMILES string of the molecule is CCc1c(F)ccc2cc(O)cc(-c3ccc4c(N5CCCCC5)nc(OCC56CCCN5CC(F)C6)nc4c3F)c12. The van der Waals surface area contributed by atoms with E-state index in [2.05, 4.69) is 14.8 Å². The molecule has 9 heteroatoms. The van der Waals surface area contributed by atoms with Gasteiger partial charge in [-0.1, -0.05) is 19.1 Å². The Hall–Kier alpha value is -3.59. The van der Waals surface area contributed by atoms with E-state index in [1.54, 1.807) is 18.2 Å². The molecule has 1 aromatic heterocycles. The summed E-state index contributed by atoms with van der Waals surface area (Å²) in [5.41, 5.74) is 0.812. The summed E-state index contributed by atoms with van der Waals surface area (Å²) in [5, 5.41) is 12.3. The largest absolute Gasteiger partial charge is 0.508 e. The van der Waals surface area contributed by atoms with E-state index in [0.717, 1.165) is 51.7 Å². The van der Waals surface area contributed by atoms with Crippen molar-refractivity contribution >= 4 is 27.5 Å². The van der Waals surface area contributed by atoms with E-state index >= 15 is 4.39 Å². The highest BCUT2D eigenvalue weighted by Gasteiger charge is 2.49. The number of piperidine rings is 1. The molecule has 6 nitrogen and oxygen atoms in total. The number of aromatic nitrogens is 2. The molecule has 0 radical (unpaired) electrons. The molecule has 0 aliphatic carbocycles. The summed E-state index contributed by atoms with van der Waals surface area (Å²) in [6.45, 7) is 4.96. The second-order valence-electron chi connectivity index (χ2n) is 12.0. The van der Waals surface area contributed by atoms with Crippen molar-refractivity contribution < 1.29 is 23.0 Å². The Morgan fingerprint density at radius 2 is 1.83 bits per heavy atom. The molecule has 3 aromatic carbocycles. The summed E-state index contributed by atoms with van der Waals surface area (Å²) in [5.74, 6) is -0.362. The molecule has 0 amide bonds. The van der Waals surface area contributed by atoms with Gasteiger partial charge in [0.05, 0.1) is 5.54 Å². The van der Waals surface area contributed by atoms with Crippen LogP contribution in [0.5, 0.6) is 11.8 Å². The van der Waals surface area contributed by atoms with E-state index in [1.807, 2.05) is 13.0 Å². The number of fused-ring (bicyclic) bond motifs is 3. The lowest BCUT2D eigenvalue weighted by Gasteiger charge is -2.31. The third kappa shape index (κ3) is 4.53. The standard InChI is InChI=1S/C33H35F3N4O2/c1-2-23-27(35)10-7-20-15-22(41)16-26(28(20)23)24-8-9-25-30(29(24)36)37-32(38-31(25)39-12-4-3-5-13-39)42-19-33-11-6-14-40(33)18-21(34)17-33/h7-10,15-16,21,41H,2-6,11-14,17-19H2,1H3. The van der Waals surface area contributed by atoms with Crippen molar-refractivity contribution in [2.24, 2.45) is 0 Å². The number of phenolic OH excluding ortho intramolecular Hbond substituents is 1. The summed E-state index contributed by atoms with van der Waals surface area (Å²) in [4.78, 5) is 13.7. The Kier molecular flexibility index (Phi) is 6.88. The van der Waals surface area contributed by atoms with Crippen LogP contribution in [-0.2, 0) is 6.42 Å². The molecule has 2 atom stereocenters. The minimum absolute atomic E-state index is 0.0329. The van der Waals surface area contributed by atoms with E-state index < -0.39 is 12.0 Å². The number of hydrogen-bond donors (Lipinski definition) is 1. The third-order valence-electron chi connectivity index (χ3n) is 9.45. The van der Waals surface area contributed by atoms with Gasteiger partial charge in [-0.25, -0.2) is 13.2 Å². The van der Waals surface area contributed by atoms with Gasteiger partial charge in [-0.05, 0) is 91.2 Å². The topological polar surface area (TPSA) is 61.7 Å². The molecule has 220 valence electrons. The Labute approximate surface area is 243 Å². The number of aryl methyl sites for hydroxylation is 1. The quantitative estimate of drug-likeness (QED) is 0.268. The lowest BCUT2D eigenvalue weighted by Crippen LogP contribution is -2.43. The van der Waals surface area contributed by atoms with Gasteiger partial charge in [0.2, 0.25) is 0 Å². The Morgan fingerprint density at radius 1 is 1.00 bits per heavy atom. The molecular weight excluding hydrogens is 541 g/mol. The maximum absolute atomic E-state index is 16.7. The highest BCUT2D eigenvalue weighted by atomic mass is 19.1. The number of ether oxygens (including phenoxy) is 1. The van der Waals surface area contributed by atoms with Crippen LogP contribution in [0.2, 0.25) is 0 Å². The van der Waals surface area contributed by atoms with E-state index in [-0.39, 0.29) is 40.8 Å². The van der Waals surface area contributed by atoms with Crippen molar-refractivity contribution in [3.8, 4) is 22.9 Å². The first kappa shape index (κ1) is 27.3. The van der Waals surface area contributed by atoms with Gasteiger partial charge < -0.3 is 14.7 Å². The van der Waals surface area contributed by atoms with Crippen molar-refractivity contribution in [3.63, 3.8) is 0 Å². The fraction of sp³-hybridized carbons (Fsp3) is 0.455. The summed E-state index contributed by atoms with van der Waals surface area (Å²) >= 11 is 0. The van der Waals surface area contributed by atoms with Crippen LogP contribution in [0.1, 0.15) is 51.0 Å². The second kappa shape index (κ2) is 10.6. The van der Waals surface area contributed by atoms with Crippen LogP contribution < -0.4 is 9.64 Å². The zero-order valence-electron chi connectivity index (χ0n) is 23.8. The average Bonchev–Trinajstić information content (AvgIpc) is 3.52. The van der Waals surface area contributed by atoms with Crippen molar-refractivity contribution in [2.45, 2.75) is 63.6 Å². The van der Waals surface area contributed by atoms with Gasteiger partial charge in [0.25, 0.3) is 0 Å². The predicted octanol–water partition coefficient (Wildman–Crippen LogP) is 6.94. The van der Waals surface area contributed by atoms with E-state index in [0.29, 0.717) is 52.5 Å². The molecule has 4 heterocycles. The summed E-state index contributed by atoms with van der Waals surface area (Å²) in [6, 6.07) is 9.58. The third-order valence-corrected chi connectivity index (χ3v) is 9.45. The van der Waals surface area contributed by atoms with E-state index in [9.17, 15) is 13.9 Å². The number of phenols is 1. The highest BCUT2D eigenvalue weighted by molar-refractivity contribution is 6.03. The van der Waals surface area contributed by atoms with Gasteiger partial charge in [-0.2, -0.15) is 9.97 Å². The van der Waals surface area contributed by atoms with Gasteiger partial charge in [-0.3, -0.25) is 4.90 Å². The molecule has 3 saturated heterocycles. The van der Waals surface area contributed by atoms with Crippen LogP contribution in [0.15, 0.2) is 36.4 Å². The molecule has 2 unspecified atom stereocenters. The zero-order valence-corrected chi connectivity index (χ0v) is 23.8. The minimum Gasteiger partial charge on any atom is -0.508 e. The summed E-state index contributed by atoms with van der Waals surface area (Å²) in [7, 11) is 0. The zero-order chi connectivity index (χ0) is 29.0. The fourth-order valence-corrected chi connectivity index (χ4v) is 7.45. The Balaban J connectivity index is 1.37. The molecule has 3 fully saturated rings. The van der Waals surface area contributed by atoms with Crippen molar-refractivity contribution in [3.05, 3.63) is 53.6 Å². The van der Waals surface area contributed by atoms with Crippen LogP contribution in [0.25, 0.3) is 32.8 Å². The first-order valence-corrected chi connectivity index (χ1v) is 15.1. The molecule has 1 N–H and O–H groups in total. The van der Waals surface area contributed by atoms with Crippen LogP contribution >= 0.6 is 0 Å². The first-order valence-electron chi connectivity index (χ1n) is 15.1. The number of benzene rings is 3. The molecule has 4 aromatic rings. The number of anilines is 1. The van der Waals surface area contributed by atoms with Gasteiger partial charge in [0.15, 0.2) is 5.82 Å². The monoisotopic (exact) mass is 576 g/mol. The van der Waals surface area contributed by atoms with Crippen LogP contribution in [0.3, 0.4) is 0 Å². The van der Waals surface area contributed by atoms with Gasteiger partial charge in [0.1, 0.15) is 35.7 Å². The fourth-order valence-electron chi connectivity index (χ4n) is 7.45. The summed E-state index contributed by atoms with van der Waals surface area (Å²) < 4.78 is 52.2. The van der Waals surface area contributed by atoms with Gasteiger partial charge in [-0.15, -0.1) is 0 Å². The van der Waals surface area contributed by atoms with E-state index in [4.69, 9.17) is 9.72 Å². The molecule has 0 bridgehead atoms. The molecule has 3 aliphatic rings.